The number of hydrogen-bond donors (Lipinski definition) is 0. The standard InChI is InChI=1S/C22H18/c1-15-10-11-18-17-7-3-5-9-20(17)22(21(18)14-15)13-12-16-6-2-4-8-19(16)22/h2-11,14H,12-13H2,1H3. The van der Waals surface area contributed by atoms with Crippen LogP contribution in [0.4, 0.5) is 0 Å². The predicted octanol–water partition coefficient (Wildman–Crippen LogP) is 5.26. The highest BCUT2D eigenvalue weighted by Gasteiger charge is 2.47. The molecule has 0 nitrogen and oxygen atoms in total. The lowest BCUT2D eigenvalue weighted by molar-refractivity contribution is 0.625. The molecule has 0 radical (unpaired) electrons. The van der Waals surface area contributed by atoms with Crippen molar-refractivity contribution in [2.75, 3.05) is 0 Å². The summed E-state index contributed by atoms with van der Waals surface area (Å²) in [5.74, 6) is 0. The van der Waals surface area contributed by atoms with Crippen LogP contribution in [-0.4, -0.2) is 0 Å². The molecule has 0 aromatic heterocycles. The fourth-order valence-corrected chi connectivity index (χ4v) is 4.65. The summed E-state index contributed by atoms with van der Waals surface area (Å²) >= 11 is 0. The first-order valence-corrected chi connectivity index (χ1v) is 8.10. The second-order valence-electron chi connectivity index (χ2n) is 6.66. The summed E-state index contributed by atoms with van der Waals surface area (Å²) in [6.07, 6.45) is 2.37. The summed E-state index contributed by atoms with van der Waals surface area (Å²) in [5.41, 5.74) is 10.3. The summed E-state index contributed by atoms with van der Waals surface area (Å²) in [4.78, 5) is 0. The van der Waals surface area contributed by atoms with Crippen molar-refractivity contribution in [2.24, 2.45) is 0 Å². The maximum atomic E-state index is 2.41. The van der Waals surface area contributed by atoms with E-state index in [2.05, 4.69) is 73.7 Å². The number of benzene rings is 3. The van der Waals surface area contributed by atoms with Crippen LogP contribution >= 0.6 is 0 Å². The van der Waals surface area contributed by atoms with Gasteiger partial charge in [-0.2, -0.15) is 0 Å². The average molecular weight is 282 g/mol. The van der Waals surface area contributed by atoms with E-state index in [1.807, 2.05) is 0 Å². The van der Waals surface area contributed by atoms with Crippen molar-refractivity contribution in [3.63, 3.8) is 0 Å². The van der Waals surface area contributed by atoms with Crippen molar-refractivity contribution >= 4 is 0 Å². The van der Waals surface area contributed by atoms with Crippen LogP contribution in [0.2, 0.25) is 0 Å². The molecule has 3 aromatic carbocycles. The molecule has 0 aliphatic heterocycles. The van der Waals surface area contributed by atoms with Gasteiger partial charge in [0.25, 0.3) is 0 Å². The van der Waals surface area contributed by atoms with E-state index < -0.39 is 0 Å². The monoisotopic (exact) mass is 282 g/mol. The Kier molecular flexibility index (Phi) is 2.28. The molecule has 0 amide bonds. The lowest BCUT2D eigenvalue weighted by atomic mass is 9.73. The smallest absolute Gasteiger partial charge is 0.0469 e. The van der Waals surface area contributed by atoms with E-state index >= 15 is 0 Å². The lowest BCUT2D eigenvalue weighted by Crippen LogP contribution is -2.23. The van der Waals surface area contributed by atoms with Gasteiger partial charge in [-0.15, -0.1) is 0 Å². The summed E-state index contributed by atoms with van der Waals surface area (Å²) < 4.78 is 0. The topological polar surface area (TPSA) is 0 Å². The number of aryl methyl sites for hydroxylation is 2. The van der Waals surface area contributed by atoms with E-state index in [0.717, 1.165) is 0 Å². The molecular formula is C22H18. The van der Waals surface area contributed by atoms with Crippen molar-refractivity contribution in [2.45, 2.75) is 25.2 Å². The van der Waals surface area contributed by atoms with Crippen LogP contribution in [0, 0.1) is 6.92 Å². The van der Waals surface area contributed by atoms with Crippen LogP contribution in [-0.2, 0) is 11.8 Å². The minimum atomic E-state index is 0.0779. The van der Waals surface area contributed by atoms with Gasteiger partial charge in [-0.05, 0) is 53.1 Å². The minimum absolute atomic E-state index is 0.0779. The fraction of sp³-hybridized carbons (Fsp3) is 0.182. The van der Waals surface area contributed by atoms with Crippen LogP contribution in [0.15, 0.2) is 66.7 Å². The summed E-state index contributed by atoms with van der Waals surface area (Å²) in [5, 5.41) is 0. The molecule has 0 bridgehead atoms. The van der Waals surface area contributed by atoms with Gasteiger partial charge in [0.1, 0.15) is 0 Å². The molecule has 0 heterocycles. The maximum Gasteiger partial charge on any atom is 0.0469 e. The van der Waals surface area contributed by atoms with Gasteiger partial charge >= 0.3 is 0 Å². The van der Waals surface area contributed by atoms with Gasteiger partial charge in [-0.1, -0.05) is 72.3 Å². The van der Waals surface area contributed by atoms with Crippen molar-refractivity contribution in [1.29, 1.82) is 0 Å². The zero-order chi connectivity index (χ0) is 14.7. The van der Waals surface area contributed by atoms with Gasteiger partial charge < -0.3 is 0 Å². The van der Waals surface area contributed by atoms with Crippen LogP contribution < -0.4 is 0 Å². The highest BCUT2D eigenvalue weighted by molar-refractivity contribution is 5.84. The molecule has 22 heavy (non-hydrogen) atoms. The second kappa shape index (κ2) is 4.10. The average Bonchev–Trinajstić information content (AvgIpc) is 3.07. The van der Waals surface area contributed by atoms with Gasteiger partial charge in [-0.3, -0.25) is 0 Å². The summed E-state index contributed by atoms with van der Waals surface area (Å²) in [6, 6.07) is 25.0. The third-order valence-corrected chi connectivity index (χ3v) is 5.56. The third-order valence-electron chi connectivity index (χ3n) is 5.56. The van der Waals surface area contributed by atoms with Crippen molar-refractivity contribution < 1.29 is 0 Å². The normalized spacial score (nSPS) is 20.8. The molecular weight excluding hydrogens is 264 g/mol. The Morgan fingerprint density at radius 1 is 0.727 bits per heavy atom. The summed E-state index contributed by atoms with van der Waals surface area (Å²) in [7, 11) is 0. The molecule has 0 N–H and O–H groups in total. The van der Waals surface area contributed by atoms with E-state index in [9.17, 15) is 0 Å². The van der Waals surface area contributed by atoms with Crippen molar-refractivity contribution in [1.82, 2.24) is 0 Å². The van der Waals surface area contributed by atoms with Crippen LogP contribution in [0.5, 0.6) is 0 Å². The second-order valence-corrected chi connectivity index (χ2v) is 6.66. The zero-order valence-electron chi connectivity index (χ0n) is 12.8. The van der Waals surface area contributed by atoms with E-state index in [1.165, 1.54) is 51.8 Å². The van der Waals surface area contributed by atoms with Crippen LogP contribution in [0.3, 0.4) is 0 Å². The number of hydrogen-bond acceptors (Lipinski definition) is 0. The Morgan fingerprint density at radius 2 is 1.45 bits per heavy atom. The molecule has 2 aliphatic carbocycles. The molecule has 2 aliphatic rings. The van der Waals surface area contributed by atoms with Crippen LogP contribution in [0.25, 0.3) is 11.1 Å². The Hall–Kier alpha value is -2.34. The molecule has 0 saturated carbocycles. The molecule has 1 atom stereocenters. The first-order chi connectivity index (χ1) is 10.8. The van der Waals surface area contributed by atoms with Gasteiger partial charge in [0.05, 0.1) is 0 Å². The highest BCUT2D eigenvalue weighted by Crippen LogP contribution is 2.58. The Bertz CT molecular complexity index is 903. The summed E-state index contributed by atoms with van der Waals surface area (Å²) in [6.45, 7) is 2.21. The molecule has 0 fully saturated rings. The predicted molar refractivity (Wildman–Crippen MR) is 91.3 cm³/mol. The molecule has 5 rings (SSSR count). The maximum absolute atomic E-state index is 2.41. The van der Waals surface area contributed by atoms with Gasteiger partial charge in [0.15, 0.2) is 0 Å². The Balaban J connectivity index is 1.94. The molecule has 0 saturated heterocycles. The Morgan fingerprint density at radius 3 is 2.36 bits per heavy atom. The zero-order valence-corrected chi connectivity index (χ0v) is 12.8. The molecule has 1 unspecified atom stereocenters. The largest absolute Gasteiger partial charge is 0.0620 e. The number of rotatable bonds is 0. The van der Waals surface area contributed by atoms with Gasteiger partial charge in [-0.25, -0.2) is 0 Å². The molecule has 0 heteroatoms. The molecule has 3 aromatic rings. The molecule has 106 valence electrons. The van der Waals surface area contributed by atoms with Crippen LogP contribution in [0.1, 0.15) is 34.2 Å². The van der Waals surface area contributed by atoms with Gasteiger partial charge in [0.2, 0.25) is 0 Å². The first kappa shape index (κ1) is 12.2. The quantitative estimate of drug-likeness (QED) is 0.528. The van der Waals surface area contributed by atoms with Crippen molar-refractivity contribution in [3.05, 3.63) is 94.5 Å². The highest BCUT2D eigenvalue weighted by atomic mass is 14.5. The Labute approximate surface area is 131 Å². The van der Waals surface area contributed by atoms with E-state index in [0.29, 0.717) is 0 Å². The molecule has 1 spiro atoms. The third kappa shape index (κ3) is 1.33. The van der Waals surface area contributed by atoms with Gasteiger partial charge in [0, 0.05) is 5.41 Å². The fourth-order valence-electron chi connectivity index (χ4n) is 4.65. The van der Waals surface area contributed by atoms with E-state index in [-0.39, 0.29) is 5.41 Å². The SMILES string of the molecule is Cc1ccc2c(c1)C1(CCc3ccccc31)c1ccccc1-2. The minimum Gasteiger partial charge on any atom is -0.0620 e. The van der Waals surface area contributed by atoms with E-state index in [1.54, 1.807) is 0 Å². The number of fused-ring (bicyclic) bond motifs is 7. The lowest BCUT2D eigenvalue weighted by Gasteiger charge is -2.28. The van der Waals surface area contributed by atoms with Crippen molar-refractivity contribution in [3.8, 4) is 11.1 Å². The van der Waals surface area contributed by atoms with E-state index in [4.69, 9.17) is 0 Å². The first-order valence-electron chi connectivity index (χ1n) is 8.10.